The minimum absolute atomic E-state index is 0.449. The summed E-state index contributed by atoms with van der Waals surface area (Å²) in [5, 5.41) is 18.5. The summed E-state index contributed by atoms with van der Waals surface area (Å²) in [6, 6.07) is 8.20. The molecular formula is C12H21BO3Si. The first-order chi connectivity index (χ1) is 7.96. The lowest BCUT2D eigenvalue weighted by molar-refractivity contribution is 0.423. The quantitative estimate of drug-likeness (QED) is 0.758. The summed E-state index contributed by atoms with van der Waals surface area (Å²) < 4.78 is 6.02. The Labute approximate surface area is 105 Å². The van der Waals surface area contributed by atoms with Gasteiger partial charge in [-0.15, -0.1) is 0 Å². The van der Waals surface area contributed by atoms with E-state index in [-0.39, 0.29) is 0 Å². The maximum atomic E-state index is 9.27. The van der Waals surface area contributed by atoms with Crippen molar-refractivity contribution >= 4 is 20.9 Å². The molecule has 0 heterocycles. The van der Waals surface area contributed by atoms with E-state index >= 15 is 0 Å². The summed E-state index contributed by atoms with van der Waals surface area (Å²) in [6.45, 7) is 6.47. The summed E-state index contributed by atoms with van der Waals surface area (Å²) in [5.41, 5.74) is 0.449. The molecule has 0 saturated carbocycles. The fourth-order valence-corrected chi connectivity index (χ4v) is 3.83. The van der Waals surface area contributed by atoms with E-state index in [4.69, 9.17) is 4.43 Å². The molecule has 17 heavy (non-hydrogen) atoms. The summed E-state index contributed by atoms with van der Waals surface area (Å²) in [4.78, 5) is 0. The highest BCUT2D eigenvalue weighted by molar-refractivity contribution is 6.72. The zero-order valence-electron chi connectivity index (χ0n) is 10.8. The summed E-state index contributed by atoms with van der Waals surface area (Å²) >= 11 is 0. The minimum atomic E-state index is -1.76. The van der Waals surface area contributed by atoms with E-state index in [9.17, 15) is 10.0 Å². The predicted molar refractivity (Wildman–Crippen MR) is 74.1 cm³/mol. The second-order valence-electron chi connectivity index (χ2n) is 4.88. The fourth-order valence-electron chi connectivity index (χ4n) is 1.74. The maximum absolute atomic E-state index is 9.27. The predicted octanol–water partition coefficient (Wildman–Crippen LogP) is 1.75. The molecule has 1 rings (SSSR count). The van der Waals surface area contributed by atoms with Crippen LogP contribution in [0.4, 0.5) is 0 Å². The van der Waals surface area contributed by atoms with Crippen LogP contribution in [-0.2, 0) is 0 Å². The Bertz CT molecular complexity index is 355. The molecule has 0 bridgehead atoms. The summed E-state index contributed by atoms with van der Waals surface area (Å²) in [7, 11) is -3.23. The van der Waals surface area contributed by atoms with E-state index in [2.05, 4.69) is 20.0 Å². The van der Waals surface area contributed by atoms with Crippen LogP contribution in [0.25, 0.3) is 0 Å². The molecule has 0 aliphatic heterocycles. The van der Waals surface area contributed by atoms with Gasteiger partial charge < -0.3 is 14.5 Å². The van der Waals surface area contributed by atoms with Crippen molar-refractivity contribution in [1.82, 2.24) is 0 Å². The first-order valence-electron chi connectivity index (χ1n) is 6.10. The lowest BCUT2D eigenvalue weighted by Gasteiger charge is -2.25. The lowest BCUT2D eigenvalue weighted by Crippen LogP contribution is -2.39. The van der Waals surface area contributed by atoms with E-state index in [1.807, 2.05) is 6.07 Å². The molecule has 0 radical (unpaired) electrons. The van der Waals surface area contributed by atoms with Crippen molar-refractivity contribution in [2.45, 2.75) is 38.9 Å². The Morgan fingerprint density at radius 1 is 1.24 bits per heavy atom. The Morgan fingerprint density at radius 2 is 1.88 bits per heavy atom. The molecule has 3 nitrogen and oxygen atoms in total. The van der Waals surface area contributed by atoms with Gasteiger partial charge in [0.15, 0.2) is 0 Å². The van der Waals surface area contributed by atoms with Crippen LogP contribution in [0.1, 0.15) is 19.8 Å². The molecule has 1 aromatic rings. The Kier molecular flexibility index (Phi) is 5.24. The van der Waals surface area contributed by atoms with Crippen molar-refractivity contribution in [3.63, 3.8) is 0 Å². The number of unbranched alkanes of at least 4 members (excludes halogenated alkanes) is 1. The van der Waals surface area contributed by atoms with Gasteiger partial charge >= 0.3 is 7.12 Å². The van der Waals surface area contributed by atoms with Crippen LogP contribution < -0.4 is 9.89 Å². The molecule has 2 N–H and O–H groups in total. The standard InChI is InChI=1S/C12H21BO3Si/c1-4-5-10-17(2,3)16-12-9-7-6-8-11(12)13(14)15/h6-9,14-15H,4-5,10H2,1-3H3. The smallest absolute Gasteiger partial charge is 0.492 e. The number of hydrogen-bond acceptors (Lipinski definition) is 3. The molecule has 0 aromatic heterocycles. The topological polar surface area (TPSA) is 49.7 Å². The second-order valence-corrected chi connectivity index (χ2v) is 9.10. The van der Waals surface area contributed by atoms with Crippen LogP contribution in [0.2, 0.25) is 19.1 Å². The van der Waals surface area contributed by atoms with Crippen LogP contribution >= 0.6 is 0 Å². The monoisotopic (exact) mass is 252 g/mol. The van der Waals surface area contributed by atoms with Crippen molar-refractivity contribution in [2.24, 2.45) is 0 Å². The first kappa shape index (κ1) is 14.3. The van der Waals surface area contributed by atoms with Gasteiger partial charge in [-0.05, 0) is 25.2 Å². The van der Waals surface area contributed by atoms with Crippen LogP contribution in [-0.4, -0.2) is 25.5 Å². The number of hydrogen-bond donors (Lipinski definition) is 2. The number of para-hydroxylation sites is 1. The Morgan fingerprint density at radius 3 is 2.47 bits per heavy atom. The molecule has 0 amide bonds. The molecule has 1 aromatic carbocycles. The third-order valence-corrected chi connectivity index (χ3v) is 5.05. The average molecular weight is 252 g/mol. The zero-order valence-corrected chi connectivity index (χ0v) is 11.8. The molecular weight excluding hydrogens is 231 g/mol. The van der Waals surface area contributed by atoms with Gasteiger partial charge in [0.2, 0.25) is 8.32 Å². The van der Waals surface area contributed by atoms with Crippen molar-refractivity contribution in [1.29, 1.82) is 0 Å². The molecule has 0 fully saturated rings. The van der Waals surface area contributed by atoms with E-state index in [0.717, 1.165) is 18.9 Å². The van der Waals surface area contributed by atoms with Gasteiger partial charge in [0, 0.05) is 5.46 Å². The van der Waals surface area contributed by atoms with E-state index in [1.54, 1.807) is 18.2 Å². The zero-order chi connectivity index (χ0) is 12.9. The van der Waals surface area contributed by atoms with Gasteiger partial charge in [0.05, 0.1) is 0 Å². The van der Waals surface area contributed by atoms with E-state index < -0.39 is 15.4 Å². The largest absolute Gasteiger partial charge is 0.544 e. The van der Waals surface area contributed by atoms with Gasteiger partial charge in [-0.1, -0.05) is 38.0 Å². The minimum Gasteiger partial charge on any atom is -0.544 e. The van der Waals surface area contributed by atoms with E-state index in [1.165, 1.54) is 0 Å². The van der Waals surface area contributed by atoms with Crippen LogP contribution in [0.3, 0.4) is 0 Å². The van der Waals surface area contributed by atoms with Gasteiger partial charge in [0.1, 0.15) is 5.75 Å². The number of rotatable bonds is 6. The molecule has 0 aliphatic carbocycles. The summed E-state index contributed by atoms with van der Waals surface area (Å²) in [5.74, 6) is 0.607. The lowest BCUT2D eigenvalue weighted by atomic mass is 9.80. The SMILES string of the molecule is CCCC[Si](C)(C)Oc1ccccc1B(O)O. The summed E-state index contributed by atoms with van der Waals surface area (Å²) in [6.07, 6.45) is 2.31. The van der Waals surface area contributed by atoms with Gasteiger partial charge in [-0.25, -0.2) is 0 Å². The van der Waals surface area contributed by atoms with Gasteiger partial charge in [-0.3, -0.25) is 0 Å². The van der Waals surface area contributed by atoms with Crippen LogP contribution in [0.15, 0.2) is 24.3 Å². The van der Waals surface area contributed by atoms with Crippen molar-refractivity contribution in [2.75, 3.05) is 0 Å². The van der Waals surface area contributed by atoms with Crippen molar-refractivity contribution in [3.8, 4) is 5.75 Å². The third kappa shape index (κ3) is 4.54. The molecule has 0 saturated heterocycles. The molecule has 5 heteroatoms. The molecule has 0 spiro atoms. The third-order valence-electron chi connectivity index (χ3n) is 2.72. The van der Waals surface area contributed by atoms with Crippen molar-refractivity contribution < 1.29 is 14.5 Å². The van der Waals surface area contributed by atoms with E-state index in [0.29, 0.717) is 11.2 Å². The van der Waals surface area contributed by atoms with Crippen LogP contribution in [0.5, 0.6) is 5.75 Å². The molecule has 94 valence electrons. The molecule has 0 atom stereocenters. The van der Waals surface area contributed by atoms with Crippen molar-refractivity contribution in [3.05, 3.63) is 24.3 Å². The highest BCUT2D eigenvalue weighted by Crippen LogP contribution is 2.19. The Balaban J connectivity index is 2.80. The van der Waals surface area contributed by atoms with Crippen LogP contribution in [0, 0.1) is 0 Å². The van der Waals surface area contributed by atoms with Gasteiger partial charge in [-0.2, -0.15) is 0 Å². The second kappa shape index (κ2) is 6.23. The Hall–Kier alpha value is -0.778. The fraction of sp³-hybridized carbons (Fsp3) is 0.500. The normalized spacial score (nSPS) is 11.4. The highest BCUT2D eigenvalue weighted by Gasteiger charge is 2.26. The average Bonchev–Trinajstić information content (AvgIpc) is 2.26. The molecule has 0 unspecified atom stereocenters. The first-order valence-corrected chi connectivity index (χ1v) is 9.22. The molecule has 0 aliphatic rings. The maximum Gasteiger partial charge on any atom is 0.492 e. The highest BCUT2D eigenvalue weighted by atomic mass is 28.4. The number of benzene rings is 1. The van der Waals surface area contributed by atoms with Gasteiger partial charge in [0.25, 0.3) is 0 Å².